The van der Waals surface area contributed by atoms with Gasteiger partial charge in [-0.3, -0.25) is 14.9 Å². The number of hydrogen-bond acceptors (Lipinski definition) is 6. The van der Waals surface area contributed by atoms with E-state index in [-0.39, 0.29) is 35.2 Å². The van der Waals surface area contributed by atoms with Crippen LogP contribution in [0.5, 0.6) is 11.5 Å². The maximum absolute atomic E-state index is 12.1. The van der Waals surface area contributed by atoms with E-state index in [0.717, 1.165) is 0 Å². The summed E-state index contributed by atoms with van der Waals surface area (Å²) in [5.74, 6) is -0.977. The number of carbonyl (C=O) groups is 1. The van der Waals surface area contributed by atoms with E-state index in [4.69, 9.17) is 20.9 Å². The zero-order chi connectivity index (χ0) is 17.9. The van der Waals surface area contributed by atoms with Crippen molar-refractivity contribution in [3.05, 3.63) is 63.7 Å². The largest absolute Gasteiger partial charge is 0.490 e. The minimum atomic E-state index is -1.70. The average molecular weight is 368 g/mol. The van der Waals surface area contributed by atoms with Crippen molar-refractivity contribution in [2.24, 2.45) is 11.5 Å². The maximum atomic E-state index is 12.1. The molecule has 0 aromatic heterocycles. The molecule has 25 heavy (non-hydrogen) atoms. The number of nitro groups is 1. The summed E-state index contributed by atoms with van der Waals surface area (Å²) in [7, 11) is 2.55. The van der Waals surface area contributed by atoms with Gasteiger partial charge in [0.15, 0.2) is 0 Å². The van der Waals surface area contributed by atoms with E-state index in [0.29, 0.717) is 5.56 Å². The van der Waals surface area contributed by atoms with Gasteiger partial charge < -0.3 is 20.9 Å². The first-order valence-electron chi connectivity index (χ1n) is 6.91. The van der Waals surface area contributed by atoms with Crippen molar-refractivity contribution >= 4 is 24.0 Å². The topological polar surface area (TPSA) is 131 Å². The summed E-state index contributed by atoms with van der Waals surface area (Å²) in [6.45, 7) is 0. The molecule has 8 nitrogen and oxygen atoms in total. The number of carbonyl (C=O) groups excluding carboxylic acids is 1. The van der Waals surface area contributed by atoms with Crippen LogP contribution in [0.25, 0.3) is 0 Å². The van der Waals surface area contributed by atoms with Crippen LogP contribution >= 0.6 is 12.4 Å². The Morgan fingerprint density at radius 3 is 1.92 bits per heavy atom. The summed E-state index contributed by atoms with van der Waals surface area (Å²) < 4.78 is 10.1. The average Bonchev–Trinajstić information content (AvgIpc) is 2.59. The molecule has 0 heterocycles. The van der Waals surface area contributed by atoms with Crippen LogP contribution in [0.4, 0.5) is 5.69 Å². The molecule has 1 atom stereocenters. The molecule has 9 heteroatoms. The van der Waals surface area contributed by atoms with E-state index >= 15 is 0 Å². The van der Waals surface area contributed by atoms with Gasteiger partial charge in [0, 0.05) is 0 Å². The SMILES string of the molecule is COc1cc(C(N)(C(N)=O)c2ccccc2)cc(OC)c1[N+](=O)[O-].Cl. The Labute approximate surface area is 150 Å². The number of rotatable bonds is 6. The first-order valence-corrected chi connectivity index (χ1v) is 6.91. The van der Waals surface area contributed by atoms with Crippen molar-refractivity contribution in [2.75, 3.05) is 14.2 Å². The van der Waals surface area contributed by atoms with E-state index in [1.807, 2.05) is 0 Å². The monoisotopic (exact) mass is 367 g/mol. The molecular weight excluding hydrogens is 350 g/mol. The van der Waals surface area contributed by atoms with Crippen molar-refractivity contribution in [3.63, 3.8) is 0 Å². The van der Waals surface area contributed by atoms with Gasteiger partial charge >= 0.3 is 5.69 Å². The third-order valence-corrected chi connectivity index (χ3v) is 3.74. The minimum Gasteiger partial charge on any atom is -0.490 e. The minimum absolute atomic E-state index is 0. The molecule has 0 bridgehead atoms. The smallest absolute Gasteiger partial charge is 0.352 e. The standard InChI is InChI=1S/C16H17N3O5.ClH/c1-23-12-8-11(9-13(24-2)14(12)19(21)22)16(18,15(17)20)10-6-4-3-5-7-10;/h3-9H,18H2,1-2H3,(H2,17,20);1H. The van der Waals surface area contributed by atoms with Gasteiger partial charge in [0.1, 0.15) is 5.54 Å². The Kier molecular flexibility index (Phi) is 6.32. The van der Waals surface area contributed by atoms with Gasteiger partial charge in [0.2, 0.25) is 17.4 Å². The van der Waals surface area contributed by atoms with Crippen LogP contribution in [0.15, 0.2) is 42.5 Å². The van der Waals surface area contributed by atoms with Crippen molar-refractivity contribution in [2.45, 2.75) is 5.54 Å². The number of methoxy groups -OCH3 is 2. The number of benzene rings is 2. The van der Waals surface area contributed by atoms with Crippen LogP contribution in [0.1, 0.15) is 11.1 Å². The number of amides is 1. The summed E-state index contributed by atoms with van der Waals surface area (Å²) in [5.41, 5.74) is 10.4. The van der Waals surface area contributed by atoms with Crippen LogP contribution in [0, 0.1) is 10.1 Å². The van der Waals surface area contributed by atoms with Crippen molar-refractivity contribution in [1.29, 1.82) is 0 Å². The normalized spacial score (nSPS) is 12.4. The number of halogens is 1. The third kappa shape index (κ3) is 3.49. The van der Waals surface area contributed by atoms with Gasteiger partial charge in [-0.25, -0.2) is 0 Å². The lowest BCUT2D eigenvalue weighted by atomic mass is 9.82. The molecule has 2 rings (SSSR count). The Balaban J connectivity index is 0.00000312. The van der Waals surface area contributed by atoms with E-state index < -0.39 is 16.4 Å². The van der Waals surface area contributed by atoms with Gasteiger partial charge in [-0.1, -0.05) is 30.3 Å². The van der Waals surface area contributed by atoms with Gasteiger partial charge in [-0.2, -0.15) is 0 Å². The molecule has 0 aliphatic heterocycles. The summed E-state index contributed by atoms with van der Waals surface area (Å²) in [6.07, 6.45) is 0. The fourth-order valence-electron chi connectivity index (χ4n) is 2.45. The molecule has 0 aliphatic rings. The molecule has 0 radical (unpaired) electrons. The second kappa shape index (κ2) is 7.82. The Morgan fingerprint density at radius 1 is 1.08 bits per heavy atom. The molecule has 0 saturated heterocycles. The zero-order valence-electron chi connectivity index (χ0n) is 13.6. The Morgan fingerprint density at radius 2 is 1.56 bits per heavy atom. The van der Waals surface area contributed by atoms with Crippen LogP contribution in [0.2, 0.25) is 0 Å². The zero-order valence-corrected chi connectivity index (χ0v) is 14.4. The lowest BCUT2D eigenvalue weighted by Crippen LogP contribution is -2.50. The van der Waals surface area contributed by atoms with E-state index in [2.05, 4.69) is 0 Å². The van der Waals surface area contributed by atoms with Crippen LogP contribution in [-0.2, 0) is 10.3 Å². The number of nitrogens with zero attached hydrogens (tertiary/aromatic N) is 1. The third-order valence-electron chi connectivity index (χ3n) is 3.74. The highest BCUT2D eigenvalue weighted by atomic mass is 35.5. The highest BCUT2D eigenvalue weighted by Gasteiger charge is 2.39. The Bertz CT molecular complexity index is 760. The van der Waals surface area contributed by atoms with Gasteiger partial charge in [-0.15, -0.1) is 12.4 Å². The first kappa shape index (κ1) is 20.2. The summed E-state index contributed by atoms with van der Waals surface area (Å²) in [5, 5.41) is 11.2. The number of primary amides is 1. The predicted molar refractivity (Wildman–Crippen MR) is 94.1 cm³/mol. The molecule has 1 amide bonds. The van der Waals surface area contributed by atoms with E-state index in [1.165, 1.54) is 26.4 Å². The van der Waals surface area contributed by atoms with Gasteiger partial charge in [-0.05, 0) is 23.3 Å². The second-order valence-electron chi connectivity index (χ2n) is 5.02. The molecule has 4 N–H and O–H groups in total. The fraction of sp³-hybridized carbons (Fsp3) is 0.188. The number of nitrogens with two attached hydrogens (primary N) is 2. The molecule has 2 aromatic rings. The number of ether oxygens (including phenoxy) is 2. The van der Waals surface area contributed by atoms with Crippen molar-refractivity contribution in [3.8, 4) is 11.5 Å². The predicted octanol–water partition coefficient (Wildman–Crippen LogP) is 1.72. The molecule has 2 aromatic carbocycles. The van der Waals surface area contributed by atoms with Crippen molar-refractivity contribution < 1.29 is 19.2 Å². The number of hydrogen-bond donors (Lipinski definition) is 2. The van der Waals surface area contributed by atoms with E-state index in [1.54, 1.807) is 30.3 Å². The van der Waals surface area contributed by atoms with Crippen molar-refractivity contribution in [1.82, 2.24) is 0 Å². The second-order valence-corrected chi connectivity index (χ2v) is 5.02. The lowest BCUT2D eigenvalue weighted by molar-refractivity contribution is -0.386. The van der Waals surface area contributed by atoms with Crippen LogP contribution < -0.4 is 20.9 Å². The van der Waals surface area contributed by atoms with Crippen LogP contribution in [0.3, 0.4) is 0 Å². The molecule has 0 spiro atoms. The summed E-state index contributed by atoms with van der Waals surface area (Å²) >= 11 is 0. The Hall–Kier alpha value is -2.84. The molecule has 0 aliphatic carbocycles. The molecule has 0 saturated carbocycles. The van der Waals surface area contributed by atoms with Gasteiger partial charge in [0.05, 0.1) is 19.1 Å². The first-order chi connectivity index (χ1) is 11.4. The molecule has 1 unspecified atom stereocenters. The summed E-state index contributed by atoms with van der Waals surface area (Å²) in [4.78, 5) is 22.7. The summed E-state index contributed by atoms with van der Waals surface area (Å²) in [6, 6.07) is 11.1. The van der Waals surface area contributed by atoms with Gasteiger partial charge in [0.25, 0.3) is 0 Å². The highest BCUT2D eigenvalue weighted by Crippen LogP contribution is 2.41. The maximum Gasteiger partial charge on any atom is 0.352 e. The molecule has 0 fully saturated rings. The quantitative estimate of drug-likeness (QED) is 0.590. The molecular formula is C16H18ClN3O5. The van der Waals surface area contributed by atoms with E-state index in [9.17, 15) is 14.9 Å². The molecule has 134 valence electrons. The highest BCUT2D eigenvalue weighted by molar-refractivity contribution is 5.90. The fourth-order valence-corrected chi connectivity index (χ4v) is 2.45. The lowest BCUT2D eigenvalue weighted by Gasteiger charge is -2.27. The number of nitro benzene ring substituents is 1. The van der Waals surface area contributed by atoms with Crippen LogP contribution in [-0.4, -0.2) is 25.1 Å².